The Bertz CT molecular complexity index is 330. The van der Waals surface area contributed by atoms with E-state index in [1.54, 1.807) is 6.07 Å². The molecule has 0 spiro atoms. The molecule has 0 bridgehead atoms. The van der Waals surface area contributed by atoms with Crippen LogP contribution in [0.2, 0.25) is 0 Å². The van der Waals surface area contributed by atoms with E-state index in [0.29, 0.717) is 18.3 Å². The van der Waals surface area contributed by atoms with Gasteiger partial charge in [-0.05, 0) is 32.5 Å². The Balaban J connectivity index is 2.67. The molecule has 1 rings (SSSR count). The van der Waals surface area contributed by atoms with E-state index < -0.39 is 5.97 Å². The highest BCUT2D eigenvalue weighted by molar-refractivity contribution is 5.84. The molecule has 1 heterocycles. The van der Waals surface area contributed by atoms with Gasteiger partial charge >= 0.3 is 5.97 Å². The second kappa shape index (κ2) is 4.98. The maximum absolute atomic E-state index is 10.6. The van der Waals surface area contributed by atoms with Crippen LogP contribution < -0.4 is 0 Å². The zero-order chi connectivity index (χ0) is 11.4. The molecule has 4 heteroatoms. The molecule has 0 aromatic carbocycles. The molecule has 0 saturated carbocycles. The molecular formula is C11H17NO3. The van der Waals surface area contributed by atoms with Crippen molar-refractivity contribution in [3.8, 4) is 0 Å². The third-order valence-corrected chi connectivity index (χ3v) is 2.37. The molecule has 15 heavy (non-hydrogen) atoms. The molecule has 1 aromatic rings. The van der Waals surface area contributed by atoms with Gasteiger partial charge in [-0.25, -0.2) is 4.79 Å². The highest BCUT2D eigenvalue weighted by atomic mass is 16.4. The summed E-state index contributed by atoms with van der Waals surface area (Å²) in [7, 11) is 0. The molecule has 0 unspecified atom stereocenters. The van der Waals surface area contributed by atoms with Gasteiger partial charge in [0.2, 0.25) is 5.76 Å². The zero-order valence-corrected chi connectivity index (χ0v) is 9.36. The van der Waals surface area contributed by atoms with E-state index in [-0.39, 0.29) is 5.76 Å². The van der Waals surface area contributed by atoms with Crippen molar-refractivity contribution in [2.75, 3.05) is 6.54 Å². The molecule has 0 aliphatic heterocycles. The van der Waals surface area contributed by atoms with Gasteiger partial charge in [-0.3, -0.25) is 4.90 Å². The number of carboxylic acids is 1. The topological polar surface area (TPSA) is 53.7 Å². The molecule has 0 aliphatic rings. The van der Waals surface area contributed by atoms with Gasteiger partial charge in [-0.15, -0.1) is 0 Å². The van der Waals surface area contributed by atoms with E-state index in [1.165, 1.54) is 6.07 Å². The van der Waals surface area contributed by atoms with Gasteiger partial charge in [0.05, 0.1) is 6.54 Å². The van der Waals surface area contributed by atoms with Crippen LogP contribution in [-0.4, -0.2) is 28.6 Å². The van der Waals surface area contributed by atoms with Gasteiger partial charge in [0, 0.05) is 6.04 Å². The fourth-order valence-electron chi connectivity index (χ4n) is 1.44. The largest absolute Gasteiger partial charge is 0.475 e. The molecule has 1 aromatic heterocycles. The molecular weight excluding hydrogens is 194 g/mol. The Kier molecular flexibility index (Phi) is 3.91. The van der Waals surface area contributed by atoms with Crippen LogP contribution in [0.1, 0.15) is 37.1 Å². The van der Waals surface area contributed by atoms with Gasteiger partial charge < -0.3 is 9.52 Å². The van der Waals surface area contributed by atoms with Crippen LogP contribution in [-0.2, 0) is 6.54 Å². The highest BCUT2D eigenvalue weighted by Crippen LogP contribution is 2.12. The Morgan fingerprint density at radius 2 is 2.20 bits per heavy atom. The second-order valence-corrected chi connectivity index (χ2v) is 3.73. The molecule has 4 nitrogen and oxygen atoms in total. The Morgan fingerprint density at radius 1 is 1.53 bits per heavy atom. The smallest absolute Gasteiger partial charge is 0.371 e. The van der Waals surface area contributed by atoms with E-state index in [9.17, 15) is 4.79 Å². The molecule has 0 aliphatic carbocycles. The quantitative estimate of drug-likeness (QED) is 0.811. The normalized spacial score (nSPS) is 11.3. The van der Waals surface area contributed by atoms with E-state index in [1.807, 2.05) is 0 Å². The molecule has 0 amide bonds. The van der Waals surface area contributed by atoms with Crippen LogP contribution in [0.5, 0.6) is 0 Å². The van der Waals surface area contributed by atoms with Gasteiger partial charge in [-0.1, -0.05) is 6.92 Å². The Hall–Kier alpha value is -1.29. The number of nitrogens with zero attached hydrogens (tertiary/aromatic N) is 1. The van der Waals surface area contributed by atoms with Crippen molar-refractivity contribution in [3.63, 3.8) is 0 Å². The predicted molar refractivity (Wildman–Crippen MR) is 56.9 cm³/mol. The maximum atomic E-state index is 10.6. The second-order valence-electron chi connectivity index (χ2n) is 3.73. The maximum Gasteiger partial charge on any atom is 0.371 e. The number of carboxylic acid groups (broad SMARTS) is 1. The summed E-state index contributed by atoms with van der Waals surface area (Å²) in [5.41, 5.74) is 0. The van der Waals surface area contributed by atoms with Crippen molar-refractivity contribution in [2.45, 2.75) is 33.4 Å². The molecule has 0 atom stereocenters. The molecule has 0 fully saturated rings. The average molecular weight is 211 g/mol. The van der Waals surface area contributed by atoms with Crippen molar-refractivity contribution in [1.82, 2.24) is 4.90 Å². The van der Waals surface area contributed by atoms with Gasteiger partial charge in [0.15, 0.2) is 0 Å². The number of furan rings is 1. The summed E-state index contributed by atoms with van der Waals surface area (Å²) >= 11 is 0. The average Bonchev–Trinajstić information content (AvgIpc) is 2.61. The van der Waals surface area contributed by atoms with Crippen molar-refractivity contribution < 1.29 is 14.3 Å². The van der Waals surface area contributed by atoms with Crippen molar-refractivity contribution in [3.05, 3.63) is 23.7 Å². The number of aromatic carboxylic acids is 1. The van der Waals surface area contributed by atoms with Gasteiger partial charge in [0.25, 0.3) is 0 Å². The standard InChI is InChI=1S/C11H17NO3/c1-4-12(8(2)3)7-9-5-6-10(15-9)11(13)14/h5-6,8H,4,7H2,1-3H3,(H,13,14). The van der Waals surface area contributed by atoms with Gasteiger partial charge in [0.1, 0.15) is 5.76 Å². The lowest BCUT2D eigenvalue weighted by Crippen LogP contribution is -2.29. The summed E-state index contributed by atoms with van der Waals surface area (Å²) in [6.45, 7) is 7.85. The molecule has 0 saturated heterocycles. The lowest BCUT2D eigenvalue weighted by atomic mass is 10.3. The Morgan fingerprint density at radius 3 is 2.60 bits per heavy atom. The minimum Gasteiger partial charge on any atom is -0.475 e. The number of carbonyl (C=O) groups is 1. The molecule has 1 N–H and O–H groups in total. The van der Waals surface area contributed by atoms with Crippen LogP contribution in [0.3, 0.4) is 0 Å². The van der Waals surface area contributed by atoms with Gasteiger partial charge in [-0.2, -0.15) is 0 Å². The van der Waals surface area contributed by atoms with Crippen LogP contribution in [0.4, 0.5) is 0 Å². The summed E-state index contributed by atoms with van der Waals surface area (Å²) in [4.78, 5) is 12.8. The third-order valence-electron chi connectivity index (χ3n) is 2.37. The van der Waals surface area contributed by atoms with E-state index in [2.05, 4.69) is 25.7 Å². The minimum atomic E-state index is -1.02. The summed E-state index contributed by atoms with van der Waals surface area (Å²) in [6.07, 6.45) is 0. The lowest BCUT2D eigenvalue weighted by molar-refractivity contribution is 0.0658. The number of hydrogen-bond donors (Lipinski definition) is 1. The summed E-state index contributed by atoms with van der Waals surface area (Å²) in [5.74, 6) is -0.318. The van der Waals surface area contributed by atoms with Crippen LogP contribution in [0, 0.1) is 0 Å². The Labute approximate surface area is 89.5 Å². The third kappa shape index (κ3) is 3.09. The minimum absolute atomic E-state index is 0.00445. The molecule has 84 valence electrons. The van der Waals surface area contributed by atoms with Crippen LogP contribution in [0.15, 0.2) is 16.5 Å². The van der Waals surface area contributed by atoms with E-state index in [0.717, 1.165) is 6.54 Å². The highest BCUT2D eigenvalue weighted by Gasteiger charge is 2.13. The monoisotopic (exact) mass is 211 g/mol. The van der Waals surface area contributed by atoms with Crippen molar-refractivity contribution in [1.29, 1.82) is 0 Å². The summed E-state index contributed by atoms with van der Waals surface area (Å²) in [6, 6.07) is 3.63. The van der Waals surface area contributed by atoms with E-state index >= 15 is 0 Å². The lowest BCUT2D eigenvalue weighted by Gasteiger charge is -2.23. The first-order chi connectivity index (χ1) is 7.04. The van der Waals surface area contributed by atoms with Crippen LogP contribution in [0.25, 0.3) is 0 Å². The fourth-order valence-corrected chi connectivity index (χ4v) is 1.44. The summed E-state index contributed by atoms with van der Waals surface area (Å²) in [5, 5.41) is 8.69. The van der Waals surface area contributed by atoms with Crippen LogP contribution >= 0.6 is 0 Å². The SMILES string of the molecule is CCN(Cc1ccc(C(=O)O)o1)C(C)C. The van der Waals surface area contributed by atoms with Crippen molar-refractivity contribution in [2.24, 2.45) is 0 Å². The first-order valence-corrected chi connectivity index (χ1v) is 5.10. The van der Waals surface area contributed by atoms with E-state index in [4.69, 9.17) is 9.52 Å². The number of hydrogen-bond acceptors (Lipinski definition) is 3. The molecule has 0 radical (unpaired) electrons. The first-order valence-electron chi connectivity index (χ1n) is 5.10. The fraction of sp³-hybridized carbons (Fsp3) is 0.545. The summed E-state index contributed by atoms with van der Waals surface area (Å²) < 4.78 is 5.19. The zero-order valence-electron chi connectivity index (χ0n) is 9.36. The number of rotatable bonds is 5. The first kappa shape index (κ1) is 11.8. The predicted octanol–water partition coefficient (Wildman–Crippen LogP) is 2.21. The van der Waals surface area contributed by atoms with Crippen molar-refractivity contribution >= 4 is 5.97 Å².